The van der Waals surface area contributed by atoms with Crippen LogP contribution in [-0.2, 0) is 0 Å². The molecule has 1 N–H and O–H groups in total. The molecule has 0 radical (unpaired) electrons. The number of benzene rings is 1. The number of carbonyl (C=O) groups excluding carboxylic acids is 1. The van der Waals surface area contributed by atoms with Gasteiger partial charge < -0.3 is 9.80 Å². The summed E-state index contributed by atoms with van der Waals surface area (Å²) in [5.41, 5.74) is 3.61. The van der Waals surface area contributed by atoms with E-state index in [2.05, 4.69) is 36.1 Å². The second-order valence-electron chi connectivity index (χ2n) is 6.19. The van der Waals surface area contributed by atoms with Crippen molar-refractivity contribution < 1.29 is 4.79 Å². The monoisotopic (exact) mass is 298 g/mol. The van der Waals surface area contributed by atoms with Crippen LogP contribution in [0.4, 0.5) is 0 Å². The average Bonchev–Trinajstić information content (AvgIpc) is 3.17. The lowest BCUT2D eigenvalue weighted by molar-refractivity contribution is 0.0777. The molecule has 0 aliphatic carbocycles. The molecule has 1 fully saturated rings. The predicted molar refractivity (Wildman–Crippen MR) is 86.8 cm³/mol. The van der Waals surface area contributed by atoms with Gasteiger partial charge in [-0.25, -0.2) is 0 Å². The fourth-order valence-electron chi connectivity index (χ4n) is 2.82. The summed E-state index contributed by atoms with van der Waals surface area (Å²) in [6.45, 7) is 3.64. The van der Waals surface area contributed by atoms with Crippen molar-refractivity contribution in [3.05, 3.63) is 41.6 Å². The van der Waals surface area contributed by atoms with Crippen molar-refractivity contribution in [1.82, 2.24) is 20.0 Å². The maximum Gasteiger partial charge on any atom is 0.271 e. The van der Waals surface area contributed by atoms with Crippen molar-refractivity contribution in [2.45, 2.75) is 19.4 Å². The third-order valence-electron chi connectivity index (χ3n) is 4.34. The van der Waals surface area contributed by atoms with Gasteiger partial charge in [0.25, 0.3) is 5.91 Å². The highest BCUT2D eigenvalue weighted by Gasteiger charge is 2.28. The van der Waals surface area contributed by atoms with Gasteiger partial charge in [-0.3, -0.25) is 9.89 Å². The number of hydrogen-bond donors (Lipinski definition) is 1. The second kappa shape index (κ2) is 5.93. The van der Waals surface area contributed by atoms with Gasteiger partial charge in [-0.1, -0.05) is 29.8 Å². The van der Waals surface area contributed by atoms with Crippen LogP contribution in [0.25, 0.3) is 11.3 Å². The van der Waals surface area contributed by atoms with Crippen LogP contribution in [0.5, 0.6) is 0 Å². The van der Waals surface area contributed by atoms with Crippen LogP contribution < -0.4 is 0 Å². The molecule has 5 heteroatoms. The molecule has 1 aliphatic heterocycles. The first-order chi connectivity index (χ1) is 10.5. The molecule has 0 saturated carbocycles. The van der Waals surface area contributed by atoms with Gasteiger partial charge in [-0.15, -0.1) is 0 Å². The molecule has 1 amide bonds. The van der Waals surface area contributed by atoms with Crippen molar-refractivity contribution >= 4 is 5.91 Å². The summed E-state index contributed by atoms with van der Waals surface area (Å²) in [5.74, 6) is 0.0372. The summed E-state index contributed by atoms with van der Waals surface area (Å²) in [6.07, 6.45) is 1.03. The summed E-state index contributed by atoms with van der Waals surface area (Å²) in [7, 11) is 4.12. The molecule has 2 heterocycles. The number of likely N-dealkylation sites (N-methyl/N-ethyl adjacent to an activating group) is 1. The van der Waals surface area contributed by atoms with Gasteiger partial charge in [0.05, 0.1) is 5.69 Å². The minimum Gasteiger partial charge on any atom is -0.336 e. The molecular formula is C17H22N4O. The lowest BCUT2D eigenvalue weighted by Crippen LogP contribution is -2.34. The molecule has 1 saturated heterocycles. The Kier molecular flexibility index (Phi) is 3.98. The van der Waals surface area contributed by atoms with Gasteiger partial charge in [0.2, 0.25) is 0 Å². The first-order valence-corrected chi connectivity index (χ1v) is 7.63. The van der Waals surface area contributed by atoms with E-state index in [1.165, 1.54) is 5.56 Å². The van der Waals surface area contributed by atoms with E-state index in [4.69, 9.17) is 0 Å². The first kappa shape index (κ1) is 14.8. The van der Waals surface area contributed by atoms with Crippen LogP contribution >= 0.6 is 0 Å². The van der Waals surface area contributed by atoms with E-state index in [9.17, 15) is 4.79 Å². The SMILES string of the molecule is Cc1ccc(-c2cc(C(=O)N3CC[C@@H](N(C)C)C3)[nH]n2)cc1. The van der Waals surface area contributed by atoms with Crippen LogP contribution in [0.1, 0.15) is 22.5 Å². The maximum absolute atomic E-state index is 12.6. The van der Waals surface area contributed by atoms with Gasteiger partial charge in [-0.2, -0.15) is 5.10 Å². The number of hydrogen-bond acceptors (Lipinski definition) is 3. The Morgan fingerprint density at radius 2 is 2.05 bits per heavy atom. The van der Waals surface area contributed by atoms with E-state index in [1.54, 1.807) is 0 Å². The third kappa shape index (κ3) is 2.90. The van der Waals surface area contributed by atoms with Gasteiger partial charge in [-0.05, 0) is 33.5 Å². The average molecular weight is 298 g/mol. The summed E-state index contributed by atoms with van der Waals surface area (Å²) in [5, 5.41) is 7.16. The van der Waals surface area contributed by atoms with E-state index in [-0.39, 0.29) is 5.91 Å². The zero-order valence-corrected chi connectivity index (χ0v) is 13.3. The van der Waals surface area contributed by atoms with Crippen molar-refractivity contribution in [2.24, 2.45) is 0 Å². The lowest BCUT2D eigenvalue weighted by Gasteiger charge is -2.19. The molecule has 3 rings (SSSR count). The highest BCUT2D eigenvalue weighted by atomic mass is 16.2. The number of aromatic nitrogens is 2. The van der Waals surface area contributed by atoms with E-state index >= 15 is 0 Å². The summed E-state index contributed by atoms with van der Waals surface area (Å²) in [4.78, 5) is 16.6. The Morgan fingerprint density at radius 3 is 2.68 bits per heavy atom. The second-order valence-corrected chi connectivity index (χ2v) is 6.19. The predicted octanol–water partition coefficient (Wildman–Crippen LogP) is 2.16. The lowest BCUT2D eigenvalue weighted by atomic mass is 10.1. The highest BCUT2D eigenvalue weighted by molar-refractivity contribution is 5.93. The highest BCUT2D eigenvalue weighted by Crippen LogP contribution is 2.20. The molecule has 1 aromatic heterocycles. The number of rotatable bonds is 3. The summed E-state index contributed by atoms with van der Waals surface area (Å²) >= 11 is 0. The van der Waals surface area contributed by atoms with E-state index in [0.717, 1.165) is 30.8 Å². The normalized spacial score (nSPS) is 18.2. The quantitative estimate of drug-likeness (QED) is 0.945. The molecule has 0 spiro atoms. The Morgan fingerprint density at radius 1 is 1.32 bits per heavy atom. The number of H-pyrrole nitrogens is 1. The number of nitrogens with one attached hydrogen (secondary N) is 1. The summed E-state index contributed by atoms with van der Waals surface area (Å²) < 4.78 is 0. The van der Waals surface area contributed by atoms with Gasteiger partial charge in [0, 0.05) is 24.7 Å². The minimum atomic E-state index is 0.0372. The minimum absolute atomic E-state index is 0.0372. The Balaban J connectivity index is 1.74. The van der Waals surface area contributed by atoms with E-state index in [0.29, 0.717) is 11.7 Å². The number of aromatic amines is 1. The van der Waals surface area contributed by atoms with Crippen LogP contribution in [0, 0.1) is 6.92 Å². The third-order valence-corrected chi connectivity index (χ3v) is 4.34. The molecule has 0 unspecified atom stereocenters. The number of likely N-dealkylation sites (tertiary alicyclic amines) is 1. The number of carbonyl (C=O) groups is 1. The standard InChI is InChI=1S/C17H22N4O/c1-12-4-6-13(7-5-12)15-10-16(19-18-15)17(22)21-9-8-14(11-21)20(2)3/h4-7,10,14H,8-9,11H2,1-3H3,(H,18,19)/t14-/m1/s1. The van der Waals surface area contributed by atoms with Crippen LogP contribution in [0.3, 0.4) is 0 Å². The molecule has 1 atom stereocenters. The zero-order valence-electron chi connectivity index (χ0n) is 13.3. The number of nitrogens with zero attached hydrogens (tertiary/aromatic N) is 3. The molecule has 1 aliphatic rings. The first-order valence-electron chi connectivity index (χ1n) is 7.63. The molecule has 2 aromatic rings. The molecule has 22 heavy (non-hydrogen) atoms. The van der Waals surface area contributed by atoms with Crippen molar-refractivity contribution in [1.29, 1.82) is 0 Å². The van der Waals surface area contributed by atoms with Crippen LogP contribution in [0.2, 0.25) is 0 Å². The van der Waals surface area contributed by atoms with Crippen molar-refractivity contribution in [3.8, 4) is 11.3 Å². The topological polar surface area (TPSA) is 52.2 Å². The molecule has 0 bridgehead atoms. The van der Waals surface area contributed by atoms with Gasteiger partial charge in [0.15, 0.2) is 0 Å². The largest absolute Gasteiger partial charge is 0.336 e. The number of aryl methyl sites for hydroxylation is 1. The Labute approximate surface area is 130 Å². The zero-order chi connectivity index (χ0) is 15.7. The van der Waals surface area contributed by atoms with Crippen LogP contribution in [0.15, 0.2) is 30.3 Å². The maximum atomic E-state index is 12.6. The number of amides is 1. The Hall–Kier alpha value is -2.14. The van der Waals surface area contributed by atoms with Gasteiger partial charge >= 0.3 is 0 Å². The molecular weight excluding hydrogens is 276 g/mol. The van der Waals surface area contributed by atoms with Crippen molar-refractivity contribution in [2.75, 3.05) is 27.2 Å². The van der Waals surface area contributed by atoms with E-state index in [1.807, 2.05) is 35.2 Å². The van der Waals surface area contributed by atoms with E-state index < -0.39 is 0 Å². The van der Waals surface area contributed by atoms with Gasteiger partial charge in [0.1, 0.15) is 5.69 Å². The summed E-state index contributed by atoms with van der Waals surface area (Å²) in [6, 6.07) is 10.4. The van der Waals surface area contributed by atoms with Crippen molar-refractivity contribution in [3.63, 3.8) is 0 Å². The molecule has 116 valence electrons. The Bertz CT molecular complexity index is 660. The fourth-order valence-corrected chi connectivity index (χ4v) is 2.82. The smallest absolute Gasteiger partial charge is 0.271 e. The van der Waals surface area contributed by atoms with Crippen LogP contribution in [-0.4, -0.2) is 59.1 Å². The molecule has 5 nitrogen and oxygen atoms in total. The molecule has 1 aromatic carbocycles. The fraction of sp³-hybridized carbons (Fsp3) is 0.412.